The van der Waals surface area contributed by atoms with Gasteiger partial charge in [-0.2, -0.15) is 0 Å². The molecule has 0 aliphatic heterocycles. The molecule has 0 fully saturated rings. The van der Waals surface area contributed by atoms with Crippen LogP contribution in [-0.4, -0.2) is 28.0 Å². The molecule has 1 aliphatic carbocycles. The molecule has 2 aromatic heterocycles. The molecule has 0 bridgehead atoms. The van der Waals surface area contributed by atoms with Crippen molar-refractivity contribution in [2.75, 3.05) is 5.32 Å². The van der Waals surface area contributed by atoms with Gasteiger partial charge >= 0.3 is 0 Å². The summed E-state index contributed by atoms with van der Waals surface area (Å²) < 4.78 is 0. The molecule has 0 radical (unpaired) electrons. The first-order valence-corrected chi connectivity index (χ1v) is 9.24. The minimum Gasteiger partial charge on any atom is -0.358 e. The topological polar surface area (TPSA) is 66.9 Å². The second kappa shape index (κ2) is 6.83. The second-order valence-electron chi connectivity index (χ2n) is 6.30. The van der Waals surface area contributed by atoms with Gasteiger partial charge in [-0.05, 0) is 51.5 Å². The van der Waals surface area contributed by atoms with E-state index in [0.717, 1.165) is 35.3 Å². The summed E-state index contributed by atoms with van der Waals surface area (Å²) in [4.78, 5) is 23.6. The Hall–Kier alpha value is -1.69. The summed E-state index contributed by atoms with van der Waals surface area (Å²) in [5, 5.41) is 7.43. The number of hydrogen-bond donors (Lipinski definition) is 2. The number of hydrogen-bond acceptors (Lipinski definition) is 5. The molecule has 0 saturated heterocycles. The van der Waals surface area contributed by atoms with Crippen molar-refractivity contribution in [3.05, 3.63) is 16.8 Å². The van der Waals surface area contributed by atoms with Crippen LogP contribution in [0.25, 0.3) is 10.2 Å². The highest BCUT2D eigenvalue weighted by Crippen LogP contribution is 2.38. The first kappa shape index (κ1) is 16.2. The van der Waals surface area contributed by atoms with Crippen molar-refractivity contribution in [3.63, 3.8) is 0 Å². The lowest BCUT2D eigenvalue weighted by atomic mass is 9.97. The van der Waals surface area contributed by atoms with Crippen LogP contribution < -0.4 is 10.6 Å². The number of fused-ring (bicyclic) bond motifs is 3. The van der Waals surface area contributed by atoms with Gasteiger partial charge in [0.2, 0.25) is 5.91 Å². The number of aryl methyl sites for hydroxylation is 2. The first-order chi connectivity index (χ1) is 11.1. The van der Waals surface area contributed by atoms with Gasteiger partial charge < -0.3 is 10.6 Å². The summed E-state index contributed by atoms with van der Waals surface area (Å²) in [6.07, 6.45) is 7.21. The normalized spacial score (nSPS) is 16.7. The SMILES string of the molecule is CCC(C)NC(=O)C(C)Nc1ncnc2sc3c(c12)CCCC3. The van der Waals surface area contributed by atoms with E-state index in [0.29, 0.717) is 0 Å². The fraction of sp³-hybridized carbons (Fsp3) is 0.588. The number of aromatic nitrogens is 2. The van der Waals surface area contributed by atoms with E-state index in [9.17, 15) is 4.79 Å². The maximum Gasteiger partial charge on any atom is 0.242 e. The zero-order valence-electron chi connectivity index (χ0n) is 14.0. The fourth-order valence-electron chi connectivity index (χ4n) is 2.94. The van der Waals surface area contributed by atoms with Gasteiger partial charge in [0.05, 0.1) is 5.39 Å². The number of nitrogens with zero attached hydrogens (tertiary/aromatic N) is 2. The molecule has 0 saturated carbocycles. The molecule has 5 nitrogen and oxygen atoms in total. The van der Waals surface area contributed by atoms with Crippen LogP contribution in [0.4, 0.5) is 5.82 Å². The molecule has 3 rings (SSSR count). The van der Waals surface area contributed by atoms with E-state index in [2.05, 4.69) is 27.5 Å². The van der Waals surface area contributed by atoms with Gasteiger partial charge in [0.25, 0.3) is 0 Å². The third kappa shape index (κ3) is 3.32. The van der Waals surface area contributed by atoms with Crippen LogP contribution in [0.1, 0.15) is 50.5 Å². The summed E-state index contributed by atoms with van der Waals surface area (Å²) in [7, 11) is 0. The average Bonchev–Trinajstić information content (AvgIpc) is 2.94. The van der Waals surface area contributed by atoms with Crippen molar-refractivity contribution < 1.29 is 4.79 Å². The average molecular weight is 332 g/mol. The highest BCUT2D eigenvalue weighted by Gasteiger charge is 2.22. The molecule has 0 aromatic carbocycles. The Morgan fingerprint density at radius 2 is 2.09 bits per heavy atom. The molecule has 2 atom stereocenters. The van der Waals surface area contributed by atoms with Gasteiger partial charge in [0.15, 0.2) is 0 Å². The van der Waals surface area contributed by atoms with Crippen LogP contribution in [0.5, 0.6) is 0 Å². The number of anilines is 1. The molecule has 2 unspecified atom stereocenters. The van der Waals surface area contributed by atoms with Crippen LogP contribution in [-0.2, 0) is 17.6 Å². The molecule has 2 N–H and O–H groups in total. The largest absolute Gasteiger partial charge is 0.358 e. The van der Waals surface area contributed by atoms with Gasteiger partial charge in [0, 0.05) is 10.9 Å². The highest BCUT2D eigenvalue weighted by atomic mass is 32.1. The van der Waals surface area contributed by atoms with Crippen molar-refractivity contribution in [3.8, 4) is 0 Å². The summed E-state index contributed by atoms with van der Waals surface area (Å²) in [5.41, 5.74) is 1.38. The molecule has 2 heterocycles. The lowest BCUT2D eigenvalue weighted by Crippen LogP contribution is -2.42. The van der Waals surface area contributed by atoms with E-state index in [-0.39, 0.29) is 18.0 Å². The van der Waals surface area contributed by atoms with Crippen LogP contribution in [0.2, 0.25) is 0 Å². The monoisotopic (exact) mass is 332 g/mol. The minimum atomic E-state index is -0.318. The van der Waals surface area contributed by atoms with Crippen LogP contribution >= 0.6 is 11.3 Å². The summed E-state index contributed by atoms with van der Waals surface area (Å²) in [6.45, 7) is 5.96. The number of rotatable bonds is 5. The molecule has 124 valence electrons. The van der Waals surface area contributed by atoms with E-state index in [1.165, 1.54) is 23.3 Å². The molecule has 0 spiro atoms. The van der Waals surface area contributed by atoms with E-state index < -0.39 is 0 Å². The predicted molar refractivity (Wildman–Crippen MR) is 95.0 cm³/mol. The zero-order chi connectivity index (χ0) is 16.4. The summed E-state index contributed by atoms with van der Waals surface area (Å²) >= 11 is 1.77. The third-order valence-corrected chi connectivity index (χ3v) is 5.70. The van der Waals surface area contributed by atoms with Crippen molar-refractivity contribution in [1.82, 2.24) is 15.3 Å². The molecular formula is C17H24N4OS. The van der Waals surface area contributed by atoms with Crippen LogP contribution in [0, 0.1) is 0 Å². The smallest absolute Gasteiger partial charge is 0.242 e. The Kier molecular flexibility index (Phi) is 4.80. The van der Waals surface area contributed by atoms with E-state index in [1.807, 2.05) is 13.8 Å². The Labute approximate surface area is 140 Å². The Balaban J connectivity index is 1.85. The van der Waals surface area contributed by atoms with Crippen molar-refractivity contribution in [2.45, 2.75) is 65.0 Å². The lowest BCUT2D eigenvalue weighted by molar-refractivity contribution is -0.122. The standard InChI is InChI=1S/C17H24N4OS/c1-4-10(2)20-16(22)11(3)21-15-14-12-7-5-6-8-13(12)23-17(14)19-9-18-15/h9-11H,4-8H2,1-3H3,(H,20,22)(H,18,19,21). The third-order valence-electron chi connectivity index (χ3n) is 4.50. The molecule has 1 amide bonds. The summed E-state index contributed by atoms with van der Waals surface area (Å²) in [5.74, 6) is 0.802. The van der Waals surface area contributed by atoms with Gasteiger partial charge in [-0.3, -0.25) is 4.79 Å². The molecule has 23 heavy (non-hydrogen) atoms. The van der Waals surface area contributed by atoms with Gasteiger partial charge in [-0.15, -0.1) is 11.3 Å². The van der Waals surface area contributed by atoms with Gasteiger partial charge in [-0.25, -0.2) is 9.97 Å². The van der Waals surface area contributed by atoms with Crippen LogP contribution in [0.3, 0.4) is 0 Å². The fourth-order valence-corrected chi connectivity index (χ4v) is 4.17. The molecule has 1 aliphatic rings. The quantitative estimate of drug-likeness (QED) is 0.882. The van der Waals surface area contributed by atoms with E-state index in [1.54, 1.807) is 17.7 Å². The Morgan fingerprint density at radius 1 is 1.30 bits per heavy atom. The number of nitrogens with one attached hydrogen (secondary N) is 2. The Bertz CT molecular complexity index is 712. The first-order valence-electron chi connectivity index (χ1n) is 8.42. The molecular weight excluding hydrogens is 308 g/mol. The number of amides is 1. The molecule has 6 heteroatoms. The minimum absolute atomic E-state index is 0.00945. The molecule has 2 aromatic rings. The van der Waals surface area contributed by atoms with E-state index in [4.69, 9.17) is 0 Å². The van der Waals surface area contributed by atoms with Crippen molar-refractivity contribution in [1.29, 1.82) is 0 Å². The predicted octanol–water partition coefficient (Wildman–Crippen LogP) is 3.29. The lowest BCUT2D eigenvalue weighted by Gasteiger charge is -2.19. The van der Waals surface area contributed by atoms with Gasteiger partial charge in [0.1, 0.15) is 23.0 Å². The summed E-state index contributed by atoms with van der Waals surface area (Å²) in [6, 6.07) is -0.132. The van der Waals surface area contributed by atoms with E-state index >= 15 is 0 Å². The second-order valence-corrected chi connectivity index (χ2v) is 7.38. The zero-order valence-corrected chi connectivity index (χ0v) is 14.8. The maximum atomic E-state index is 12.3. The number of carbonyl (C=O) groups is 1. The van der Waals surface area contributed by atoms with Crippen molar-refractivity contribution in [2.24, 2.45) is 0 Å². The highest BCUT2D eigenvalue weighted by molar-refractivity contribution is 7.19. The van der Waals surface area contributed by atoms with Crippen LogP contribution in [0.15, 0.2) is 6.33 Å². The number of thiophene rings is 1. The van der Waals surface area contributed by atoms with Crippen molar-refractivity contribution >= 4 is 33.3 Å². The number of carbonyl (C=O) groups excluding carboxylic acids is 1. The Morgan fingerprint density at radius 3 is 2.87 bits per heavy atom. The van der Waals surface area contributed by atoms with Gasteiger partial charge in [-0.1, -0.05) is 6.92 Å². The maximum absolute atomic E-state index is 12.3.